The van der Waals surface area contributed by atoms with Crippen LogP contribution < -0.4 is 15.5 Å². The summed E-state index contributed by atoms with van der Waals surface area (Å²) >= 11 is 6.06. The number of anilines is 2. The zero-order valence-electron chi connectivity index (χ0n) is 12.4. The number of hydrogen-bond acceptors (Lipinski definition) is 4. The van der Waals surface area contributed by atoms with E-state index in [0.717, 1.165) is 22.6 Å². The molecular formula is C14H16ClN5O2. The molecule has 7 nitrogen and oxygen atoms in total. The van der Waals surface area contributed by atoms with Gasteiger partial charge in [-0.15, -0.1) is 0 Å². The van der Waals surface area contributed by atoms with E-state index in [0.29, 0.717) is 11.6 Å². The Morgan fingerprint density at radius 2 is 2.05 bits per heavy atom. The van der Waals surface area contributed by atoms with E-state index in [9.17, 15) is 9.59 Å². The Hall–Kier alpha value is -2.28. The number of benzene rings is 1. The first-order valence-electron chi connectivity index (χ1n) is 6.87. The molecule has 0 bridgehead atoms. The van der Waals surface area contributed by atoms with Crippen LogP contribution in [0.2, 0.25) is 5.02 Å². The number of halogens is 1. The van der Waals surface area contributed by atoms with E-state index >= 15 is 0 Å². The Balaban J connectivity index is 1.91. The molecule has 1 amide bonds. The summed E-state index contributed by atoms with van der Waals surface area (Å²) in [4.78, 5) is 28.1. The van der Waals surface area contributed by atoms with E-state index in [4.69, 9.17) is 11.6 Å². The SMILES string of the molecule is CN1CCN(C(=O)Cn2ncn(C)c2=O)c2cc(Cl)ccc21. The van der Waals surface area contributed by atoms with Crippen molar-refractivity contribution in [2.24, 2.45) is 7.05 Å². The van der Waals surface area contributed by atoms with Crippen molar-refractivity contribution in [2.45, 2.75) is 6.54 Å². The molecule has 1 aromatic heterocycles. The molecule has 0 saturated carbocycles. The second-order valence-electron chi connectivity index (χ2n) is 5.28. The number of hydrogen-bond donors (Lipinski definition) is 0. The summed E-state index contributed by atoms with van der Waals surface area (Å²) < 4.78 is 2.49. The Morgan fingerprint density at radius 1 is 1.27 bits per heavy atom. The highest BCUT2D eigenvalue weighted by atomic mass is 35.5. The number of nitrogens with zero attached hydrogens (tertiary/aromatic N) is 5. The normalized spacial score (nSPS) is 14.1. The Labute approximate surface area is 132 Å². The maximum Gasteiger partial charge on any atom is 0.345 e. The highest BCUT2D eigenvalue weighted by molar-refractivity contribution is 6.31. The predicted molar refractivity (Wildman–Crippen MR) is 84.5 cm³/mol. The third-order valence-electron chi connectivity index (χ3n) is 3.77. The number of amides is 1. The third-order valence-corrected chi connectivity index (χ3v) is 4.01. The van der Waals surface area contributed by atoms with Crippen LogP contribution in [-0.2, 0) is 18.4 Å². The van der Waals surface area contributed by atoms with Crippen LogP contribution in [0.15, 0.2) is 29.3 Å². The summed E-state index contributed by atoms with van der Waals surface area (Å²) in [7, 11) is 3.57. The highest BCUT2D eigenvalue weighted by Crippen LogP contribution is 2.34. The molecule has 8 heteroatoms. The van der Waals surface area contributed by atoms with Crippen molar-refractivity contribution in [3.63, 3.8) is 0 Å². The number of carbonyl (C=O) groups is 1. The average Bonchev–Trinajstić information content (AvgIpc) is 2.79. The number of carbonyl (C=O) groups excluding carboxylic acids is 1. The maximum absolute atomic E-state index is 12.6. The molecule has 0 fully saturated rings. The fourth-order valence-corrected chi connectivity index (χ4v) is 2.69. The van der Waals surface area contributed by atoms with Gasteiger partial charge >= 0.3 is 5.69 Å². The molecule has 0 radical (unpaired) electrons. The van der Waals surface area contributed by atoms with Gasteiger partial charge in [-0.1, -0.05) is 11.6 Å². The van der Waals surface area contributed by atoms with Crippen LogP contribution in [0.1, 0.15) is 0 Å². The first kappa shape index (κ1) is 14.6. The van der Waals surface area contributed by atoms with Crippen LogP contribution in [0, 0.1) is 0 Å². The molecule has 22 heavy (non-hydrogen) atoms. The van der Waals surface area contributed by atoms with Gasteiger partial charge in [-0.3, -0.25) is 9.36 Å². The molecule has 0 N–H and O–H groups in total. The predicted octanol–water partition coefficient (Wildman–Crippen LogP) is 0.718. The van der Waals surface area contributed by atoms with Gasteiger partial charge in [0.15, 0.2) is 0 Å². The quantitative estimate of drug-likeness (QED) is 0.817. The second kappa shape index (κ2) is 5.49. The molecule has 1 aromatic carbocycles. The van der Waals surface area contributed by atoms with Gasteiger partial charge in [0, 0.05) is 32.2 Å². The first-order valence-corrected chi connectivity index (χ1v) is 7.24. The number of fused-ring (bicyclic) bond motifs is 1. The first-order chi connectivity index (χ1) is 10.5. The van der Waals surface area contributed by atoms with Crippen molar-refractivity contribution in [1.82, 2.24) is 14.3 Å². The zero-order chi connectivity index (χ0) is 15.9. The topological polar surface area (TPSA) is 63.4 Å². The lowest BCUT2D eigenvalue weighted by Crippen LogP contribution is -2.45. The lowest BCUT2D eigenvalue weighted by molar-refractivity contribution is -0.119. The van der Waals surface area contributed by atoms with Crippen molar-refractivity contribution in [2.75, 3.05) is 29.9 Å². The number of likely N-dealkylation sites (N-methyl/N-ethyl adjacent to an activating group) is 1. The molecular weight excluding hydrogens is 306 g/mol. The van der Waals surface area contributed by atoms with E-state index in [1.165, 1.54) is 10.9 Å². The Kier molecular flexibility index (Phi) is 3.66. The van der Waals surface area contributed by atoms with Crippen LogP contribution in [0.4, 0.5) is 11.4 Å². The van der Waals surface area contributed by atoms with Crippen molar-refractivity contribution < 1.29 is 4.79 Å². The summed E-state index contributed by atoms with van der Waals surface area (Å²) in [6.07, 6.45) is 1.39. The smallest absolute Gasteiger partial charge is 0.345 e. The van der Waals surface area contributed by atoms with Crippen molar-refractivity contribution in [3.05, 3.63) is 40.0 Å². The average molecular weight is 322 g/mol. The summed E-state index contributed by atoms with van der Waals surface area (Å²) in [5, 5.41) is 4.49. The molecule has 3 rings (SSSR count). The van der Waals surface area contributed by atoms with Crippen molar-refractivity contribution >= 4 is 28.9 Å². The largest absolute Gasteiger partial charge is 0.371 e. The number of aromatic nitrogens is 3. The second-order valence-corrected chi connectivity index (χ2v) is 5.72. The van der Waals surface area contributed by atoms with E-state index in [-0.39, 0.29) is 18.1 Å². The maximum atomic E-state index is 12.6. The minimum Gasteiger partial charge on any atom is -0.371 e. The fourth-order valence-electron chi connectivity index (χ4n) is 2.53. The molecule has 0 spiro atoms. The van der Waals surface area contributed by atoms with Gasteiger partial charge in [0.05, 0.1) is 11.4 Å². The molecule has 2 heterocycles. The van der Waals surface area contributed by atoms with Gasteiger partial charge in [0.1, 0.15) is 12.9 Å². The lowest BCUT2D eigenvalue weighted by atomic mass is 10.1. The van der Waals surface area contributed by atoms with E-state index < -0.39 is 0 Å². The van der Waals surface area contributed by atoms with Gasteiger partial charge in [-0.2, -0.15) is 5.10 Å². The summed E-state index contributed by atoms with van der Waals surface area (Å²) in [5.74, 6) is -0.183. The molecule has 2 aromatic rings. The molecule has 0 unspecified atom stereocenters. The summed E-state index contributed by atoms with van der Waals surface area (Å²) in [6, 6.07) is 5.46. The van der Waals surface area contributed by atoms with E-state index in [1.54, 1.807) is 24.1 Å². The third kappa shape index (κ3) is 2.48. The van der Waals surface area contributed by atoms with Crippen LogP contribution in [0.3, 0.4) is 0 Å². The Bertz CT molecular complexity index is 782. The van der Waals surface area contributed by atoms with Gasteiger partial charge in [-0.05, 0) is 18.2 Å². The highest BCUT2D eigenvalue weighted by Gasteiger charge is 2.26. The molecule has 0 saturated heterocycles. The molecule has 1 aliphatic heterocycles. The van der Waals surface area contributed by atoms with E-state index in [1.807, 2.05) is 13.1 Å². The molecule has 0 aliphatic carbocycles. The Morgan fingerprint density at radius 3 is 2.73 bits per heavy atom. The number of aryl methyl sites for hydroxylation is 1. The van der Waals surface area contributed by atoms with Crippen molar-refractivity contribution in [3.8, 4) is 0 Å². The van der Waals surface area contributed by atoms with Gasteiger partial charge < -0.3 is 9.80 Å². The summed E-state index contributed by atoms with van der Waals surface area (Å²) in [5.41, 5.74) is 1.39. The van der Waals surface area contributed by atoms with Crippen LogP contribution in [0.25, 0.3) is 0 Å². The molecule has 0 atom stereocenters. The zero-order valence-corrected chi connectivity index (χ0v) is 13.1. The standard InChI is InChI=1S/C14H16ClN5O2/c1-17-5-6-19(12-7-10(15)3-4-11(12)17)13(21)8-20-14(22)18(2)9-16-20/h3-4,7,9H,5-6,8H2,1-2H3. The fraction of sp³-hybridized carbons (Fsp3) is 0.357. The summed E-state index contributed by atoms with van der Waals surface area (Å²) in [6.45, 7) is 1.18. The number of rotatable bonds is 2. The van der Waals surface area contributed by atoms with E-state index in [2.05, 4.69) is 10.00 Å². The van der Waals surface area contributed by atoms with Gasteiger partial charge in [-0.25, -0.2) is 9.48 Å². The monoisotopic (exact) mass is 321 g/mol. The van der Waals surface area contributed by atoms with Crippen LogP contribution >= 0.6 is 11.6 Å². The van der Waals surface area contributed by atoms with Crippen molar-refractivity contribution in [1.29, 1.82) is 0 Å². The minimum absolute atomic E-state index is 0.0880. The molecule has 116 valence electrons. The minimum atomic E-state index is -0.311. The van der Waals surface area contributed by atoms with Crippen LogP contribution in [0.5, 0.6) is 0 Å². The van der Waals surface area contributed by atoms with Crippen LogP contribution in [-0.4, -0.2) is 40.4 Å². The lowest BCUT2D eigenvalue weighted by Gasteiger charge is -2.35. The van der Waals surface area contributed by atoms with Gasteiger partial charge in [0.2, 0.25) is 5.91 Å². The van der Waals surface area contributed by atoms with Gasteiger partial charge in [0.25, 0.3) is 0 Å². The molecule has 1 aliphatic rings.